The minimum absolute atomic E-state index is 0.415. The largest absolute Gasteiger partial charge is 0.331 e. The van der Waals surface area contributed by atoms with Crippen LogP contribution in [-0.2, 0) is 0 Å². The highest BCUT2D eigenvalue weighted by Gasteiger charge is 2.11. The summed E-state index contributed by atoms with van der Waals surface area (Å²) < 4.78 is 2.86. The minimum Gasteiger partial charge on any atom is -0.331 e. The molecule has 0 amide bonds. The smallest absolute Gasteiger partial charge is 0.191 e. The zero-order chi connectivity index (χ0) is 20.8. The Morgan fingerprint density at radius 1 is 0.933 bits per heavy atom. The van der Waals surface area contributed by atoms with Gasteiger partial charge in [0.25, 0.3) is 0 Å². The molecule has 0 unspecified atom stereocenters. The third kappa shape index (κ3) is 5.00. The van der Waals surface area contributed by atoms with Crippen LogP contribution in [0.25, 0.3) is 16.9 Å². The van der Waals surface area contributed by atoms with E-state index in [-0.39, 0.29) is 0 Å². The van der Waals surface area contributed by atoms with E-state index in [4.69, 9.17) is 17.3 Å². The third-order valence-corrected chi connectivity index (χ3v) is 5.00. The van der Waals surface area contributed by atoms with Crippen molar-refractivity contribution in [2.75, 3.05) is 5.32 Å². The van der Waals surface area contributed by atoms with E-state index in [1.165, 1.54) is 0 Å². The molecular formula is C23H18BrN5S. The Hall–Kier alpha value is -3.29. The number of rotatable bonds is 5. The summed E-state index contributed by atoms with van der Waals surface area (Å²) in [4.78, 5) is 0. The number of hydrogen-bond acceptors (Lipinski definition) is 3. The predicted molar refractivity (Wildman–Crippen MR) is 130 cm³/mol. The second kappa shape index (κ2) is 9.47. The molecule has 4 aromatic rings. The van der Waals surface area contributed by atoms with Gasteiger partial charge in [-0.15, -0.1) is 0 Å². The van der Waals surface area contributed by atoms with Gasteiger partial charge in [-0.3, -0.25) is 5.43 Å². The molecule has 7 heteroatoms. The van der Waals surface area contributed by atoms with Crippen LogP contribution in [0.3, 0.4) is 0 Å². The molecule has 3 aromatic carbocycles. The van der Waals surface area contributed by atoms with Crippen LogP contribution in [0.4, 0.5) is 5.69 Å². The Labute approximate surface area is 188 Å². The van der Waals surface area contributed by atoms with Crippen molar-refractivity contribution in [2.24, 2.45) is 5.10 Å². The van der Waals surface area contributed by atoms with E-state index in [0.29, 0.717) is 5.11 Å². The van der Waals surface area contributed by atoms with Crippen LogP contribution in [0.2, 0.25) is 0 Å². The van der Waals surface area contributed by atoms with Gasteiger partial charge < -0.3 is 5.32 Å². The van der Waals surface area contributed by atoms with Gasteiger partial charge in [-0.1, -0.05) is 64.5 Å². The van der Waals surface area contributed by atoms with E-state index in [0.717, 1.165) is 32.7 Å². The van der Waals surface area contributed by atoms with E-state index >= 15 is 0 Å². The number of aromatic nitrogens is 2. The van der Waals surface area contributed by atoms with Crippen molar-refractivity contribution in [1.29, 1.82) is 0 Å². The lowest BCUT2D eigenvalue weighted by atomic mass is 10.1. The number of hydrazone groups is 1. The molecule has 0 aliphatic carbocycles. The molecule has 0 spiro atoms. The normalized spacial score (nSPS) is 10.8. The highest BCUT2D eigenvalue weighted by atomic mass is 79.9. The van der Waals surface area contributed by atoms with Crippen LogP contribution in [0, 0.1) is 0 Å². The van der Waals surface area contributed by atoms with Gasteiger partial charge in [-0.25, -0.2) is 4.68 Å². The van der Waals surface area contributed by atoms with Crippen LogP contribution in [0.1, 0.15) is 5.56 Å². The molecule has 1 heterocycles. The number of anilines is 1. The molecule has 4 rings (SSSR count). The Kier molecular flexibility index (Phi) is 6.32. The number of hydrogen-bond donors (Lipinski definition) is 2. The lowest BCUT2D eigenvalue weighted by Gasteiger charge is -2.06. The molecule has 0 saturated heterocycles. The molecule has 0 atom stereocenters. The van der Waals surface area contributed by atoms with E-state index < -0.39 is 0 Å². The number of para-hydroxylation sites is 2. The van der Waals surface area contributed by atoms with E-state index in [2.05, 4.69) is 31.8 Å². The van der Waals surface area contributed by atoms with Gasteiger partial charge in [0.15, 0.2) is 5.11 Å². The molecule has 30 heavy (non-hydrogen) atoms. The van der Waals surface area contributed by atoms with Gasteiger partial charge in [0, 0.05) is 27.5 Å². The molecule has 0 saturated carbocycles. The average Bonchev–Trinajstić information content (AvgIpc) is 3.20. The standard InChI is InChI=1S/C23H18BrN5S/c24-19-13-11-17(12-14-19)22-18(16-29(28-22)21-9-5-2-6-10-21)15-25-27-23(30)26-20-7-3-1-4-8-20/h1-16H,(H2,26,27,30)/b25-15+. The molecule has 0 aliphatic rings. The maximum Gasteiger partial charge on any atom is 0.191 e. The Balaban J connectivity index is 1.57. The first-order valence-corrected chi connectivity index (χ1v) is 10.5. The Bertz CT molecular complexity index is 1160. The second-order valence-corrected chi connectivity index (χ2v) is 7.73. The number of thiocarbonyl (C=S) groups is 1. The SMILES string of the molecule is S=C(N/N=C/c1cn(-c2ccccc2)nc1-c1ccc(Br)cc1)Nc1ccccc1. The summed E-state index contributed by atoms with van der Waals surface area (Å²) in [6.45, 7) is 0. The maximum atomic E-state index is 5.31. The lowest BCUT2D eigenvalue weighted by Crippen LogP contribution is -2.23. The van der Waals surface area contributed by atoms with Gasteiger partial charge in [0.05, 0.1) is 11.9 Å². The summed E-state index contributed by atoms with van der Waals surface area (Å²) in [5.41, 5.74) is 7.44. The average molecular weight is 476 g/mol. The molecular weight excluding hydrogens is 458 g/mol. The molecule has 148 valence electrons. The van der Waals surface area contributed by atoms with E-state index in [1.807, 2.05) is 95.8 Å². The maximum absolute atomic E-state index is 5.31. The van der Waals surface area contributed by atoms with Crippen LogP contribution in [-0.4, -0.2) is 21.1 Å². The quantitative estimate of drug-likeness (QED) is 0.223. The third-order valence-electron chi connectivity index (χ3n) is 4.28. The van der Waals surface area contributed by atoms with E-state index in [1.54, 1.807) is 6.21 Å². The second-order valence-electron chi connectivity index (χ2n) is 6.41. The van der Waals surface area contributed by atoms with Gasteiger partial charge in [-0.2, -0.15) is 10.2 Å². The summed E-state index contributed by atoms with van der Waals surface area (Å²) in [5, 5.41) is 12.6. The first kappa shape index (κ1) is 20.0. The van der Waals surface area contributed by atoms with Crippen molar-refractivity contribution in [3.8, 4) is 16.9 Å². The van der Waals surface area contributed by atoms with E-state index in [9.17, 15) is 0 Å². The van der Waals surface area contributed by atoms with Crippen molar-refractivity contribution in [3.05, 3.63) is 101 Å². The molecule has 1 aromatic heterocycles. The van der Waals surface area contributed by atoms with Crippen LogP contribution >= 0.6 is 28.1 Å². The van der Waals surface area contributed by atoms with Crippen LogP contribution < -0.4 is 10.7 Å². The van der Waals surface area contributed by atoms with Gasteiger partial charge in [-0.05, 0) is 48.6 Å². The zero-order valence-corrected chi connectivity index (χ0v) is 18.3. The van der Waals surface area contributed by atoms with Crippen molar-refractivity contribution in [2.45, 2.75) is 0 Å². The zero-order valence-electron chi connectivity index (χ0n) is 15.9. The summed E-state index contributed by atoms with van der Waals surface area (Å²) in [7, 11) is 0. The molecule has 0 fully saturated rings. The fourth-order valence-corrected chi connectivity index (χ4v) is 3.30. The Morgan fingerprint density at radius 2 is 1.60 bits per heavy atom. The first-order chi connectivity index (χ1) is 14.7. The number of nitrogens with one attached hydrogen (secondary N) is 2. The predicted octanol–water partition coefficient (Wildman–Crippen LogP) is 5.62. The first-order valence-electron chi connectivity index (χ1n) is 9.25. The number of nitrogens with zero attached hydrogens (tertiary/aromatic N) is 3. The number of benzene rings is 3. The highest BCUT2D eigenvalue weighted by molar-refractivity contribution is 9.10. The van der Waals surface area contributed by atoms with Gasteiger partial charge in [0.2, 0.25) is 0 Å². The summed E-state index contributed by atoms with van der Waals surface area (Å²) >= 11 is 8.79. The van der Waals surface area contributed by atoms with Crippen LogP contribution in [0.15, 0.2) is 101 Å². The van der Waals surface area contributed by atoms with Gasteiger partial charge in [0.1, 0.15) is 5.69 Å². The summed E-state index contributed by atoms with van der Waals surface area (Å²) in [6.07, 6.45) is 3.67. The molecule has 2 N–H and O–H groups in total. The number of halogens is 1. The highest BCUT2D eigenvalue weighted by Crippen LogP contribution is 2.24. The van der Waals surface area contributed by atoms with Crippen molar-refractivity contribution in [3.63, 3.8) is 0 Å². The monoisotopic (exact) mass is 475 g/mol. The lowest BCUT2D eigenvalue weighted by molar-refractivity contribution is 0.884. The molecule has 5 nitrogen and oxygen atoms in total. The topological polar surface area (TPSA) is 54.2 Å². The van der Waals surface area contributed by atoms with Crippen LogP contribution in [0.5, 0.6) is 0 Å². The minimum atomic E-state index is 0.415. The van der Waals surface area contributed by atoms with Crippen molar-refractivity contribution < 1.29 is 0 Å². The molecule has 0 radical (unpaired) electrons. The van der Waals surface area contributed by atoms with Crippen molar-refractivity contribution in [1.82, 2.24) is 15.2 Å². The summed E-state index contributed by atoms with van der Waals surface area (Å²) in [5.74, 6) is 0. The molecule has 0 aliphatic heterocycles. The Morgan fingerprint density at radius 3 is 2.30 bits per heavy atom. The summed E-state index contributed by atoms with van der Waals surface area (Å²) in [6, 6.07) is 27.7. The van der Waals surface area contributed by atoms with Gasteiger partial charge >= 0.3 is 0 Å². The fraction of sp³-hybridized carbons (Fsp3) is 0. The fourth-order valence-electron chi connectivity index (χ4n) is 2.87. The van der Waals surface area contributed by atoms with Crippen molar-refractivity contribution >= 4 is 45.2 Å². The molecule has 0 bridgehead atoms.